The molecule has 0 N–H and O–H groups in total. The molecule has 0 amide bonds. The second-order valence-corrected chi connectivity index (χ2v) is 3.52. The molecule has 0 aliphatic heterocycles. The number of hydrogen-bond acceptors (Lipinski definition) is 3. The summed E-state index contributed by atoms with van der Waals surface area (Å²) in [6, 6.07) is 0. The largest absolute Gasteiger partial charge is 0.473 e. The molecule has 0 spiro atoms. The summed E-state index contributed by atoms with van der Waals surface area (Å²) in [5.74, 6) is 0.673. The molecule has 3 heteroatoms. The lowest BCUT2D eigenvalue weighted by atomic mass is 10.3. The molecule has 1 saturated carbocycles. The van der Waals surface area contributed by atoms with Gasteiger partial charge in [-0.25, -0.2) is 4.98 Å². The topological polar surface area (TPSA) is 35.0 Å². The van der Waals surface area contributed by atoms with Gasteiger partial charge in [0.1, 0.15) is 6.10 Å². The second-order valence-electron chi connectivity index (χ2n) is 3.52. The second kappa shape index (κ2) is 3.73. The van der Waals surface area contributed by atoms with Crippen LogP contribution < -0.4 is 4.74 Å². The Kier molecular flexibility index (Phi) is 2.43. The molecule has 1 aromatic heterocycles. The molecule has 0 radical (unpaired) electrons. The van der Waals surface area contributed by atoms with Crippen LogP contribution in [0.3, 0.4) is 0 Å². The molecule has 1 aromatic rings. The smallest absolute Gasteiger partial charge is 0.232 e. The number of aryl methyl sites for hydroxylation is 1. The Bertz CT molecular complexity index is 282. The highest BCUT2D eigenvalue weighted by Crippen LogP contribution is 2.22. The summed E-state index contributed by atoms with van der Waals surface area (Å²) in [6.45, 7) is 1.93. The van der Waals surface area contributed by atoms with E-state index in [-0.39, 0.29) is 0 Å². The molecule has 1 aliphatic carbocycles. The fourth-order valence-corrected chi connectivity index (χ4v) is 1.67. The van der Waals surface area contributed by atoms with Crippen molar-refractivity contribution in [3.05, 3.63) is 18.1 Å². The molecular formula is C10H14N2O. The van der Waals surface area contributed by atoms with E-state index in [1.807, 2.05) is 6.92 Å². The van der Waals surface area contributed by atoms with Crippen molar-refractivity contribution in [2.45, 2.75) is 38.7 Å². The molecular weight excluding hydrogens is 164 g/mol. The van der Waals surface area contributed by atoms with Crippen LogP contribution in [0.25, 0.3) is 0 Å². The Morgan fingerprint density at radius 2 is 2.08 bits per heavy atom. The maximum atomic E-state index is 5.68. The molecule has 1 aliphatic rings. The maximum absolute atomic E-state index is 5.68. The van der Waals surface area contributed by atoms with Crippen LogP contribution in [0.15, 0.2) is 12.4 Å². The van der Waals surface area contributed by atoms with Crippen LogP contribution >= 0.6 is 0 Å². The normalized spacial score (nSPS) is 17.6. The zero-order valence-corrected chi connectivity index (χ0v) is 7.86. The van der Waals surface area contributed by atoms with Crippen molar-refractivity contribution in [2.24, 2.45) is 0 Å². The van der Waals surface area contributed by atoms with Crippen molar-refractivity contribution in [1.29, 1.82) is 0 Å². The van der Waals surface area contributed by atoms with Crippen LogP contribution in [-0.2, 0) is 0 Å². The Hall–Kier alpha value is -1.12. The van der Waals surface area contributed by atoms with Crippen molar-refractivity contribution in [2.75, 3.05) is 0 Å². The molecule has 0 aromatic carbocycles. The van der Waals surface area contributed by atoms with E-state index in [4.69, 9.17) is 4.74 Å². The van der Waals surface area contributed by atoms with E-state index in [0.717, 1.165) is 18.5 Å². The van der Waals surface area contributed by atoms with Crippen molar-refractivity contribution >= 4 is 0 Å². The lowest BCUT2D eigenvalue weighted by molar-refractivity contribution is 0.200. The van der Waals surface area contributed by atoms with Gasteiger partial charge in [0, 0.05) is 6.20 Å². The summed E-state index contributed by atoms with van der Waals surface area (Å²) < 4.78 is 5.68. The molecule has 70 valence electrons. The number of nitrogens with zero attached hydrogens (tertiary/aromatic N) is 2. The zero-order valence-electron chi connectivity index (χ0n) is 7.86. The van der Waals surface area contributed by atoms with Gasteiger partial charge in [0.25, 0.3) is 0 Å². The Labute approximate surface area is 78.2 Å². The van der Waals surface area contributed by atoms with E-state index in [1.54, 1.807) is 12.4 Å². The standard InChI is InChI=1S/C10H14N2O/c1-8-6-11-7-10(12-8)13-9-4-2-3-5-9/h6-7,9H,2-5H2,1H3. The van der Waals surface area contributed by atoms with Gasteiger partial charge in [0.2, 0.25) is 5.88 Å². The molecule has 0 bridgehead atoms. The fourth-order valence-electron chi connectivity index (χ4n) is 1.67. The van der Waals surface area contributed by atoms with E-state index in [0.29, 0.717) is 12.0 Å². The van der Waals surface area contributed by atoms with E-state index < -0.39 is 0 Å². The molecule has 0 saturated heterocycles. The Balaban J connectivity index is 2.00. The van der Waals surface area contributed by atoms with E-state index in [9.17, 15) is 0 Å². The van der Waals surface area contributed by atoms with E-state index in [2.05, 4.69) is 9.97 Å². The summed E-state index contributed by atoms with van der Waals surface area (Å²) >= 11 is 0. The summed E-state index contributed by atoms with van der Waals surface area (Å²) in [5, 5.41) is 0. The van der Waals surface area contributed by atoms with Crippen LogP contribution in [0, 0.1) is 6.92 Å². The average Bonchev–Trinajstić information content (AvgIpc) is 2.57. The summed E-state index contributed by atoms with van der Waals surface area (Å²) in [4.78, 5) is 8.29. The van der Waals surface area contributed by atoms with Gasteiger partial charge in [0.05, 0.1) is 11.9 Å². The summed E-state index contributed by atoms with van der Waals surface area (Å²) in [5.41, 5.74) is 0.912. The van der Waals surface area contributed by atoms with Gasteiger partial charge in [-0.15, -0.1) is 0 Å². The highest BCUT2D eigenvalue weighted by Gasteiger charge is 2.16. The van der Waals surface area contributed by atoms with Gasteiger partial charge in [-0.1, -0.05) is 0 Å². The maximum Gasteiger partial charge on any atom is 0.232 e. The van der Waals surface area contributed by atoms with Gasteiger partial charge in [-0.3, -0.25) is 4.98 Å². The van der Waals surface area contributed by atoms with Crippen LogP contribution in [-0.4, -0.2) is 16.1 Å². The third kappa shape index (κ3) is 2.17. The van der Waals surface area contributed by atoms with Crippen molar-refractivity contribution in [3.8, 4) is 5.88 Å². The summed E-state index contributed by atoms with van der Waals surface area (Å²) in [7, 11) is 0. The predicted molar refractivity (Wildman–Crippen MR) is 49.7 cm³/mol. The van der Waals surface area contributed by atoms with Crippen molar-refractivity contribution < 1.29 is 4.74 Å². The number of ether oxygens (including phenoxy) is 1. The highest BCUT2D eigenvalue weighted by molar-refractivity contribution is 5.07. The van der Waals surface area contributed by atoms with Crippen molar-refractivity contribution in [3.63, 3.8) is 0 Å². The van der Waals surface area contributed by atoms with Crippen LogP contribution in [0.1, 0.15) is 31.4 Å². The number of rotatable bonds is 2. The van der Waals surface area contributed by atoms with Gasteiger partial charge >= 0.3 is 0 Å². The fraction of sp³-hybridized carbons (Fsp3) is 0.600. The summed E-state index contributed by atoms with van der Waals surface area (Å²) in [6.07, 6.45) is 8.68. The van der Waals surface area contributed by atoms with Gasteiger partial charge in [-0.05, 0) is 32.6 Å². The minimum absolute atomic E-state index is 0.371. The highest BCUT2D eigenvalue weighted by atomic mass is 16.5. The molecule has 2 rings (SSSR count). The van der Waals surface area contributed by atoms with Crippen molar-refractivity contribution in [1.82, 2.24) is 9.97 Å². The van der Waals surface area contributed by atoms with Gasteiger partial charge < -0.3 is 4.74 Å². The minimum atomic E-state index is 0.371. The number of aromatic nitrogens is 2. The Morgan fingerprint density at radius 3 is 2.77 bits per heavy atom. The quantitative estimate of drug-likeness (QED) is 0.695. The molecule has 0 atom stereocenters. The van der Waals surface area contributed by atoms with Crippen LogP contribution in [0.2, 0.25) is 0 Å². The molecule has 1 fully saturated rings. The number of hydrogen-bond donors (Lipinski definition) is 0. The molecule has 1 heterocycles. The lowest BCUT2D eigenvalue weighted by Gasteiger charge is -2.11. The average molecular weight is 178 g/mol. The first-order valence-corrected chi connectivity index (χ1v) is 4.80. The SMILES string of the molecule is Cc1cncc(OC2CCCC2)n1. The minimum Gasteiger partial charge on any atom is -0.473 e. The Morgan fingerprint density at radius 1 is 1.31 bits per heavy atom. The van der Waals surface area contributed by atoms with E-state index in [1.165, 1.54) is 12.8 Å². The van der Waals surface area contributed by atoms with Crippen LogP contribution in [0.5, 0.6) is 5.88 Å². The van der Waals surface area contributed by atoms with E-state index >= 15 is 0 Å². The first-order valence-electron chi connectivity index (χ1n) is 4.80. The first-order chi connectivity index (χ1) is 6.34. The third-order valence-electron chi connectivity index (χ3n) is 2.32. The third-order valence-corrected chi connectivity index (χ3v) is 2.32. The molecule has 13 heavy (non-hydrogen) atoms. The van der Waals surface area contributed by atoms with Crippen LogP contribution in [0.4, 0.5) is 0 Å². The zero-order chi connectivity index (χ0) is 9.10. The molecule has 0 unspecified atom stereocenters. The molecule has 3 nitrogen and oxygen atoms in total. The monoisotopic (exact) mass is 178 g/mol. The van der Waals surface area contributed by atoms with Gasteiger partial charge in [-0.2, -0.15) is 0 Å². The van der Waals surface area contributed by atoms with Gasteiger partial charge in [0.15, 0.2) is 0 Å². The first kappa shape index (κ1) is 8.48. The lowest BCUT2D eigenvalue weighted by Crippen LogP contribution is -2.12. The predicted octanol–water partition coefficient (Wildman–Crippen LogP) is 2.11.